The summed E-state index contributed by atoms with van der Waals surface area (Å²) in [5.74, 6) is -0.989. The van der Waals surface area contributed by atoms with Gasteiger partial charge in [-0.2, -0.15) is 0 Å². The zero-order chi connectivity index (χ0) is 13.8. The molecule has 0 amide bonds. The van der Waals surface area contributed by atoms with Crippen LogP contribution in [0.1, 0.15) is 22.8 Å². The molecule has 0 aliphatic rings. The van der Waals surface area contributed by atoms with Crippen LogP contribution < -0.4 is 5.56 Å². The zero-order valence-electron chi connectivity index (χ0n) is 10.4. The van der Waals surface area contributed by atoms with Crippen LogP contribution in [-0.2, 0) is 11.3 Å². The first kappa shape index (κ1) is 13.1. The van der Waals surface area contributed by atoms with E-state index in [0.29, 0.717) is 0 Å². The molecule has 1 N–H and O–H groups in total. The largest absolute Gasteiger partial charge is 0.462 e. The fourth-order valence-corrected chi connectivity index (χ4v) is 1.65. The summed E-state index contributed by atoms with van der Waals surface area (Å²) in [6.45, 7) is 2.11. The molecule has 0 spiro atoms. The van der Waals surface area contributed by atoms with Crippen LogP contribution in [0.3, 0.4) is 0 Å². The van der Waals surface area contributed by atoms with E-state index >= 15 is 0 Å². The lowest BCUT2D eigenvalue weighted by atomic mass is 10.2. The first-order valence-electron chi connectivity index (χ1n) is 5.81. The number of carbonyl (C=O) groups is 1. The number of ether oxygens (including phenoxy) is 1. The highest BCUT2D eigenvalue weighted by Gasteiger charge is 2.15. The molecule has 1 heterocycles. The Morgan fingerprint density at radius 1 is 1.37 bits per heavy atom. The average Bonchev–Trinajstić information content (AvgIpc) is 2.74. The quantitative estimate of drug-likeness (QED) is 0.852. The SMILES string of the molecule is CCOC(=O)c1c[nH]n(Cc2ccc(F)cc2)c1=O. The number of esters is 1. The first-order valence-corrected chi connectivity index (χ1v) is 5.81. The highest BCUT2D eigenvalue weighted by molar-refractivity contribution is 5.88. The van der Waals surface area contributed by atoms with E-state index in [9.17, 15) is 14.0 Å². The van der Waals surface area contributed by atoms with Crippen molar-refractivity contribution in [2.45, 2.75) is 13.5 Å². The van der Waals surface area contributed by atoms with Gasteiger partial charge in [0.05, 0.1) is 13.2 Å². The van der Waals surface area contributed by atoms with Gasteiger partial charge < -0.3 is 9.84 Å². The Labute approximate surface area is 108 Å². The lowest BCUT2D eigenvalue weighted by Gasteiger charge is -2.01. The van der Waals surface area contributed by atoms with Gasteiger partial charge in [0.2, 0.25) is 0 Å². The maximum atomic E-state index is 12.8. The molecule has 0 unspecified atom stereocenters. The third-order valence-electron chi connectivity index (χ3n) is 2.59. The van der Waals surface area contributed by atoms with Gasteiger partial charge in [-0.25, -0.2) is 13.9 Å². The second kappa shape index (κ2) is 5.51. The predicted octanol–water partition coefficient (Wildman–Crippen LogP) is 1.54. The zero-order valence-corrected chi connectivity index (χ0v) is 10.4. The summed E-state index contributed by atoms with van der Waals surface area (Å²) in [5.41, 5.74) is 0.257. The van der Waals surface area contributed by atoms with Crippen LogP contribution in [0.4, 0.5) is 4.39 Å². The second-order valence-electron chi connectivity index (χ2n) is 3.93. The Hall–Kier alpha value is -2.37. The van der Waals surface area contributed by atoms with Crippen molar-refractivity contribution in [2.75, 3.05) is 6.61 Å². The van der Waals surface area contributed by atoms with Crippen LogP contribution in [0.5, 0.6) is 0 Å². The van der Waals surface area contributed by atoms with E-state index in [0.717, 1.165) is 5.56 Å². The molecule has 2 rings (SSSR count). The standard InChI is InChI=1S/C13H13FN2O3/c1-2-19-13(18)11-7-15-16(12(11)17)8-9-3-5-10(14)6-4-9/h3-7,15H,2,8H2,1H3. The summed E-state index contributed by atoms with van der Waals surface area (Å²) in [6, 6.07) is 5.78. The Morgan fingerprint density at radius 2 is 2.05 bits per heavy atom. The topological polar surface area (TPSA) is 64.1 Å². The predicted molar refractivity (Wildman–Crippen MR) is 66.5 cm³/mol. The van der Waals surface area contributed by atoms with Gasteiger partial charge in [-0.1, -0.05) is 12.1 Å². The van der Waals surface area contributed by atoms with E-state index in [-0.39, 0.29) is 24.5 Å². The molecular weight excluding hydrogens is 251 g/mol. The number of carbonyl (C=O) groups excluding carboxylic acids is 1. The molecule has 0 atom stereocenters. The number of hydrogen-bond acceptors (Lipinski definition) is 3. The summed E-state index contributed by atoms with van der Waals surface area (Å²) < 4.78 is 18.8. The van der Waals surface area contributed by atoms with Gasteiger partial charge >= 0.3 is 5.97 Å². The van der Waals surface area contributed by atoms with Crippen LogP contribution in [0.25, 0.3) is 0 Å². The lowest BCUT2D eigenvalue weighted by molar-refractivity contribution is 0.0524. The molecule has 0 aliphatic carbocycles. The molecule has 1 aromatic heterocycles. The lowest BCUT2D eigenvalue weighted by Crippen LogP contribution is -2.23. The molecule has 1 aromatic carbocycles. The Bertz CT molecular complexity index is 628. The molecule has 19 heavy (non-hydrogen) atoms. The van der Waals surface area contributed by atoms with Gasteiger partial charge in [0.25, 0.3) is 5.56 Å². The van der Waals surface area contributed by atoms with Crippen molar-refractivity contribution in [3.8, 4) is 0 Å². The summed E-state index contributed by atoms with van der Waals surface area (Å²) in [7, 11) is 0. The second-order valence-corrected chi connectivity index (χ2v) is 3.93. The number of halogens is 1. The minimum absolute atomic E-state index is 0.0380. The highest BCUT2D eigenvalue weighted by atomic mass is 19.1. The van der Waals surface area contributed by atoms with Gasteiger partial charge in [-0.3, -0.25) is 4.79 Å². The number of benzene rings is 1. The van der Waals surface area contributed by atoms with Gasteiger partial charge in [-0.05, 0) is 24.6 Å². The van der Waals surface area contributed by atoms with Gasteiger partial charge in [0.15, 0.2) is 0 Å². The molecule has 2 aromatic rings. The molecule has 5 nitrogen and oxygen atoms in total. The minimum atomic E-state index is -0.651. The normalized spacial score (nSPS) is 10.4. The Kier molecular flexibility index (Phi) is 3.79. The minimum Gasteiger partial charge on any atom is -0.462 e. The average molecular weight is 264 g/mol. The van der Waals surface area contributed by atoms with E-state index < -0.39 is 11.5 Å². The van der Waals surface area contributed by atoms with Gasteiger partial charge in [0, 0.05) is 6.20 Å². The fourth-order valence-electron chi connectivity index (χ4n) is 1.65. The monoisotopic (exact) mass is 264 g/mol. The maximum absolute atomic E-state index is 12.8. The van der Waals surface area contributed by atoms with E-state index in [4.69, 9.17) is 4.74 Å². The number of nitrogens with one attached hydrogen (secondary N) is 1. The third-order valence-corrected chi connectivity index (χ3v) is 2.59. The molecule has 6 heteroatoms. The first-order chi connectivity index (χ1) is 9.11. The molecular formula is C13H13FN2O3. The van der Waals surface area contributed by atoms with Crippen molar-refractivity contribution in [1.29, 1.82) is 0 Å². The Morgan fingerprint density at radius 3 is 2.68 bits per heavy atom. The maximum Gasteiger partial charge on any atom is 0.345 e. The number of aromatic nitrogens is 2. The summed E-state index contributed by atoms with van der Waals surface area (Å²) in [5, 5.41) is 2.69. The van der Waals surface area contributed by atoms with E-state index in [1.54, 1.807) is 19.1 Å². The number of hydrogen-bond donors (Lipinski definition) is 1. The van der Waals surface area contributed by atoms with E-state index in [1.807, 2.05) is 0 Å². The van der Waals surface area contributed by atoms with Crippen molar-refractivity contribution in [3.63, 3.8) is 0 Å². The fraction of sp³-hybridized carbons (Fsp3) is 0.231. The summed E-state index contributed by atoms with van der Waals surface area (Å²) in [4.78, 5) is 23.4. The van der Waals surface area contributed by atoms with E-state index in [1.165, 1.54) is 23.0 Å². The molecule has 0 bridgehead atoms. The van der Waals surface area contributed by atoms with Crippen molar-refractivity contribution < 1.29 is 13.9 Å². The molecule has 100 valence electrons. The number of rotatable bonds is 4. The smallest absolute Gasteiger partial charge is 0.345 e. The summed E-state index contributed by atoms with van der Waals surface area (Å²) >= 11 is 0. The van der Waals surface area contributed by atoms with Crippen molar-refractivity contribution in [1.82, 2.24) is 9.78 Å². The summed E-state index contributed by atoms with van der Waals surface area (Å²) in [6.07, 6.45) is 1.31. The molecule has 0 saturated heterocycles. The third kappa shape index (κ3) is 2.90. The van der Waals surface area contributed by atoms with Crippen LogP contribution in [0.15, 0.2) is 35.3 Å². The van der Waals surface area contributed by atoms with Gasteiger partial charge in [0.1, 0.15) is 11.4 Å². The van der Waals surface area contributed by atoms with Crippen LogP contribution >= 0.6 is 0 Å². The number of H-pyrrole nitrogens is 1. The van der Waals surface area contributed by atoms with Crippen molar-refractivity contribution in [3.05, 3.63) is 57.8 Å². The van der Waals surface area contributed by atoms with Crippen LogP contribution in [0, 0.1) is 5.82 Å². The number of aromatic amines is 1. The Balaban J connectivity index is 2.20. The van der Waals surface area contributed by atoms with Crippen LogP contribution in [-0.4, -0.2) is 22.4 Å². The molecule has 0 fully saturated rings. The van der Waals surface area contributed by atoms with Crippen LogP contribution in [0.2, 0.25) is 0 Å². The molecule has 0 saturated carbocycles. The molecule has 0 radical (unpaired) electrons. The van der Waals surface area contributed by atoms with Crippen molar-refractivity contribution >= 4 is 5.97 Å². The number of nitrogens with zero attached hydrogens (tertiary/aromatic N) is 1. The molecule has 0 aliphatic heterocycles. The van der Waals surface area contributed by atoms with E-state index in [2.05, 4.69) is 5.10 Å². The highest BCUT2D eigenvalue weighted by Crippen LogP contribution is 2.04. The van der Waals surface area contributed by atoms with Crippen molar-refractivity contribution in [2.24, 2.45) is 0 Å². The van der Waals surface area contributed by atoms with Gasteiger partial charge in [-0.15, -0.1) is 0 Å².